The summed E-state index contributed by atoms with van der Waals surface area (Å²) in [5, 5.41) is 3.75. The van der Waals surface area contributed by atoms with Crippen LogP contribution in [0.5, 0.6) is 5.75 Å². The molecule has 0 bridgehead atoms. The fourth-order valence-electron chi connectivity index (χ4n) is 2.78. The average molecular weight is 262 g/mol. The summed E-state index contributed by atoms with van der Waals surface area (Å²) in [5.41, 5.74) is 1.30. The van der Waals surface area contributed by atoms with Gasteiger partial charge < -0.3 is 15.0 Å². The lowest BCUT2D eigenvalue weighted by molar-refractivity contribution is 0.200. The molecule has 0 aliphatic carbocycles. The minimum atomic E-state index is 0.383. The Bertz CT molecular complexity index is 386. The maximum atomic E-state index is 5.29. The van der Waals surface area contributed by atoms with Crippen LogP contribution in [-0.2, 0) is 0 Å². The van der Waals surface area contributed by atoms with Gasteiger partial charge in [0.15, 0.2) is 0 Å². The van der Waals surface area contributed by atoms with E-state index in [1.165, 1.54) is 38.0 Å². The number of benzene rings is 1. The molecule has 1 aliphatic heterocycles. The van der Waals surface area contributed by atoms with Crippen LogP contribution in [0.25, 0.3) is 0 Å². The Labute approximate surface area is 116 Å². The van der Waals surface area contributed by atoms with Crippen molar-refractivity contribution >= 4 is 0 Å². The molecule has 1 saturated heterocycles. The summed E-state index contributed by atoms with van der Waals surface area (Å²) < 4.78 is 5.29. The second kappa shape index (κ2) is 6.92. The molecule has 0 radical (unpaired) electrons. The Hall–Kier alpha value is -1.06. The first-order chi connectivity index (χ1) is 9.22. The van der Waals surface area contributed by atoms with Crippen LogP contribution in [-0.4, -0.2) is 37.7 Å². The van der Waals surface area contributed by atoms with Crippen LogP contribution in [0.3, 0.4) is 0 Å². The van der Waals surface area contributed by atoms with Gasteiger partial charge in [-0.1, -0.05) is 19.1 Å². The Morgan fingerprint density at radius 1 is 1.37 bits per heavy atom. The zero-order valence-corrected chi connectivity index (χ0v) is 12.4. The molecular formula is C16H26N2O. The molecule has 1 atom stereocenters. The largest absolute Gasteiger partial charge is 0.497 e. The molecule has 0 aromatic heterocycles. The first kappa shape index (κ1) is 14.4. The van der Waals surface area contributed by atoms with Crippen LogP contribution in [0.2, 0.25) is 0 Å². The highest BCUT2D eigenvalue weighted by Gasteiger charge is 2.19. The average Bonchev–Trinajstić information content (AvgIpc) is 2.48. The van der Waals surface area contributed by atoms with Gasteiger partial charge in [-0.25, -0.2) is 0 Å². The summed E-state index contributed by atoms with van der Waals surface area (Å²) in [6.45, 7) is 8.10. The van der Waals surface area contributed by atoms with Gasteiger partial charge in [-0.2, -0.15) is 0 Å². The topological polar surface area (TPSA) is 24.5 Å². The van der Waals surface area contributed by atoms with Crippen LogP contribution in [0.4, 0.5) is 0 Å². The third-order valence-electron chi connectivity index (χ3n) is 4.11. The second-order valence-electron chi connectivity index (χ2n) is 5.37. The van der Waals surface area contributed by atoms with Crippen molar-refractivity contribution in [3.05, 3.63) is 29.8 Å². The highest BCUT2D eigenvalue weighted by molar-refractivity contribution is 5.30. The minimum absolute atomic E-state index is 0.383. The van der Waals surface area contributed by atoms with E-state index >= 15 is 0 Å². The van der Waals surface area contributed by atoms with E-state index in [0.717, 1.165) is 5.75 Å². The fraction of sp³-hybridized carbons (Fsp3) is 0.625. The van der Waals surface area contributed by atoms with Crippen molar-refractivity contribution in [2.24, 2.45) is 0 Å². The second-order valence-corrected chi connectivity index (χ2v) is 5.37. The number of ether oxygens (including phenoxy) is 1. The van der Waals surface area contributed by atoms with Gasteiger partial charge in [0.2, 0.25) is 0 Å². The maximum Gasteiger partial charge on any atom is 0.119 e. The summed E-state index contributed by atoms with van der Waals surface area (Å²) >= 11 is 0. The lowest BCUT2D eigenvalue weighted by atomic mass is 10.0. The van der Waals surface area contributed by atoms with E-state index in [4.69, 9.17) is 4.74 Å². The molecule has 2 rings (SSSR count). The molecule has 1 aliphatic rings. The molecule has 1 heterocycles. The van der Waals surface area contributed by atoms with E-state index < -0.39 is 0 Å². The summed E-state index contributed by atoms with van der Waals surface area (Å²) in [4.78, 5) is 2.52. The Balaban J connectivity index is 1.88. The number of nitrogens with zero attached hydrogens (tertiary/aromatic N) is 1. The molecule has 19 heavy (non-hydrogen) atoms. The molecule has 3 nitrogen and oxygen atoms in total. The molecule has 0 amide bonds. The molecule has 1 fully saturated rings. The van der Waals surface area contributed by atoms with E-state index in [9.17, 15) is 0 Å². The van der Waals surface area contributed by atoms with Gasteiger partial charge in [-0.05, 0) is 57.1 Å². The summed E-state index contributed by atoms with van der Waals surface area (Å²) in [5.74, 6) is 0.937. The Kier molecular flexibility index (Phi) is 5.23. The van der Waals surface area contributed by atoms with Crippen LogP contribution in [0, 0.1) is 0 Å². The number of nitrogens with one attached hydrogen (secondary N) is 1. The number of rotatable bonds is 5. The third kappa shape index (κ3) is 3.95. The van der Waals surface area contributed by atoms with Gasteiger partial charge in [-0.15, -0.1) is 0 Å². The molecule has 0 spiro atoms. The smallest absolute Gasteiger partial charge is 0.119 e. The van der Waals surface area contributed by atoms with Crippen molar-refractivity contribution in [3.8, 4) is 5.75 Å². The highest BCUT2D eigenvalue weighted by atomic mass is 16.5. The van der Waals surface area contributed by atoms with E-state index in [2.05, 4.69) is 42.3 Å². The van der Waals surface area contributed by atoms with Crippen molar-refractivity contribution in [3.63, 3.8) is 0 Å². The molecule has 1 unspecified atom stereocenters. The van der Waals surface area contributed by atoms with E-state index in [1.54, 1.807) is 7.11 Å². The van der Waals surface area contributed by atoms with Gasteiger partial charge >= 0.3 is 0 Å². The van der Waals surface area contributed by atoms with Crippen molar-refractivity contribution in [2.45, 2.75) is 38.8 Å². The van der Waals surface area contributed by atoms with E-state index in [0.29, 0.717) is 12.1 Å². The molecule has 1 aromatic carbocycles. The van der Waals surface area contributed by atoms with Gasteiger partial charge in [0.05, 0.1) is 7.11 Å². The van der Waals surface area contributed by atoms with Gasteiger partial charge in [0.25, 0.3) is 0 Å². The normalized spacial score (nSPS) is 19.3. The summed E-state index contributed by atoms with van der Waals surface area (Å²) in [7, 11) is 1.72. The summed E-state index contributed by atoms with van der Waals surface area (Å²) in [6.07, 6.45) is 2.50. The third-order valence-corrected chi connectivity index (χ3v) is 4.11. The number of hydrogen-bond donors (Lipinski definition) is 1. The number of methoxy groups -OCH3 is 1. The Morgan fingerprint density at radius 2 is 2.11 bits per heavy atom. The van der Waals surface area contributed by atoms with Crippen LogP contribution < -0.4 is 10.1 Å². The first-order valence-corrected chi connectivity index (χ1v) is 7.35. The molecule has 106 valence electrons. The highest BCUT2D eigenvalue weighted by Crippen LogP contribution is 2.21. The minimum Gasteiger partial charge on any atom is -0.497 e. The lowest BCUT2D eigenvalue weighted by Crippen LogP contribution is -2.43. The van der Waals surface area contributed by atoms with Gasteiger partial charge in [0.1, 0.15) is 5.75 Å². The summed E-state index contributed by atoms with van der Waals surface area (Å²) in [6, 6.07) is 9.37. The zero-order valence-electron chi connectivity index (χ0n) is 12.4. The molecular weight excluding hydrogens is 236 g/mol. The van der Waals surface area contributed by atoms with Crippen molar-refractivity contribution < 1.29 is 4.74 Å². The van der Waals surface area contributed by atoms with Gasteiger partial charge in [-0.3, -0.25) is 0 Å². The van der Waals surface area contributed by atoms with Crippen molar-refractivity contribution in [1.82, 2.24) is 10.2 Å². The predicted molar refractivity (Wildman–Crippen MR) is 79.7 cm³/mol. The number of piperidine rings is 1. The van der Waals surface area contributed by atoms with Crippen LogP contribution in [0.1, 0.15) is 38.3 Å². The fourth-order valence-corrected chi connectivity index (χ4v) is 2.78. The van der Waals surface area contributed by atoms with E-state index in [1.807, 2.05) is 6.07 Å². The maximum absolute atomic E-state index is 5.29. The first-order valence-electron chi connectivity index (χ1n) is 7.35. The number of likely N-dealkylation sites (tertiary alicyclic amines) is 1. The Morgan fingerprint density at radius 3 is 2.74 bits per heavy atom. The monoisotopic (exact) mass is 262 g/mol. The van der Waals surface area contributed by atoms with Gasteiger partial charge in [0, 0.05) is 12.1 Å². The lowest BCUT2D eigenvalue weighted by Gasteiger charge is -2.33. The van der Waals surface area contributed by atoms with E-state index in [-0.39, 0.29) is 0 Å². The molecule has 1 aromatic rings. The van der Waals surface area contributed by atoms with Crippen LogP contribution >= 0.6 is 0 Å². The molecule has 3 heteroatoms. The SMILES string of the molecule is CCN1CCC(NC(C)c2cccc(OC)c2)CC1. The quantitative estimate of drug-likeness (QED) is 0.883. The molecule has 0 saturated carbocycles. The zero-order chi connectivity index (χ0) is 13.7. The number of hydrogen-bond acceptors (Lipinski definition) is 3. The van der Waals surface area contributed by atoms with Crippen molar-refractivity contribution in [1.29, 1.82) is 0 Å². The van der Waals surface area contributed by atoms with Crippen LogP contribution in [0.15, 0.2) is 24.3 Å². The molecule has 1 N–H and O–H groups in total. The standard InChI is InChI=1S/C16H26N2O/c1-4-18-10-8-15(9-11-18)17-13(2)14-6-5-7-16(12-14)19-3/h5-7,12-13,15,17H,4,8-11H2,1-3H3. The van der Waals surface area contributed by atoms with Crippen molar-refractivity contribution in [2.75, 3.05) is 26.7 Å². The predicted octanol–water partition coefficient (Wildman–Crippen LogP) is 2.83.